The molecule has 0 aliphatic heterocycles. The van der Waals surface area contributed by atoms with Crippen LogP contribution in [0.5, 0.6) is 0 Å². The Kier molecular flexibility index (Phi) is 4.42. The van der Waals surface area contributed by atoms with Gasteiger partial charge in [-0.05, 0) is 49.5 Å². The van der Waals surface area contributed by atoms with Crippen molar-refractivity contribution >= 4 is 17.3 Å². The van der Waals surface area contributed by atoms with Gasteiger partial charge in [0.1, 0.15) is 5.76 Å². The first-order valence-electron chi connectivity index (χ1n) is 6.34. The van der Waals surface area contributed by atoms with E-state index < -0.39 is 0 Å². The number of nitrogens with one attached hydrogen (secondary N) is 1. The van der Waals surface area contributed by atoms with Gasteiger partial charge in [-0.1, -0.05) is 6.92 Å². The van der Waals surface area contributed by atoms with Crippen molar-refractivity contribution in [3.05, 3.63) is 24.2 Å². The van der Waals surface area contributed by atoms with Crippen molar-refractivity contribution in [3.63, 3.8) is 0 Å². The second-order valence-electron chi connectivity index (χ2n) is 4.63. The molecule has 0 saturated heterocycles. The average molecular weight is 252 g/mol. The molecule has 17 heavy (non-hydrogen) atoms. The van der Waals surface area contributed by atoms with Crippen LogP contribution in [0.4, 0.5) is 0 Å². The summed E-state index contributed by atoms with van der Waals surface area (Å²) in [6.07, 6.45) is 5.55. The molecule has 0 spiro atoms. The van der Waals surface area contributed by atoms with Gasteiger partial charge in [-0.15, -0.1) is 0 Å². The maximum atomic E-state index is 5.43. The van der Waals surface area contributed by atoms with E-state index in [0.717, 1.165) is 36.3 Å². The minimum atomic E-state index is 0.677. The number of hydrogen-bond donors (Lipinski definition) is 1. The molecule has 0 radical (unpaired) electrons. The summed E-state index contributed by atoms with van der Waals surface area (Å²) in [5.41, 5.74) is 0. The summed E-state index contributed by atoms with van der Waals surface area (Å²) in [7, 11) is 0. The molecule has 1 aliphatic carbocycles. The van der Waals surface area contributed by atoms with Gasteiger partial charge >= 0.3 is 0 Å². The Bertz CT molecular complexity index is 346. The second kappa shape index (κ2) is 6.05. The molecule has 0 unspecified atom stereocenters. The fraction of sp³-hybridized carbons (Fsp3) is 0.615. The van der Waals surface area contributed by atoms with Gasteiger partial charge in [0.05, 0.1) is 12.8 Å². The van der Waals surface area contributed by atoms with Crippen LogP contribution in [-0.4, -0.2) is 23.1 Å². The van der Waals surface area contributed by atoms with Gasteiger partial charge < -0.3 is 14.6 Å². The normalized spacial score (nSPS) is 14.6. The van der Waals surface area contributed by atoms with E-state index in [1.54, 1.807) is 6.26 Å². The molecule has 3 nitrogen and oxygen atoms in total. The highest BCUT2D eigenvalue weighted by Gasteiger charge is 2.25. The van der Waals surface area contributed by atoms with Crippen LogP contribution in [0.25, 0.3) is 0 Å². The van der Waals surface area contributed by atoms with E-state index >= 15 is 0 Å². The van der Waals surface area contributed by atoms with Crippen molar-refractivity contribution < 1.29 is 4.42 Å². The Morgan fingerprint density at radius 3 is 3.00 bits per heavy atom. The summed E-state index contributed by atoms with van der Waals surface area (Å²) >= 11 is 5.43. The Morgan fingerprint density at radius 1 is 1.59 bits per heavy atom. The molecule has 0 bridgehead atoms. The predicted molar refractivity (Wildman–Crippen MR) is 72.7 cm³/mol. The number of nitrogens with zero attached hydrogens (tertiary/aromatic N) is 1. The van der Waals surface area contributed by atoms with Crippen LogP contribution in [0.3, 0.4) is 0 Å². The molecule has 1 aromatic heterocycles. The zero-order valence-corrected chi connectivity index (χ0v) is 11.1. The standard InChI is InChI=1S/C13H20N2OS/c1-2-7-15(10-11-5-6-11)13(17)14-9-12-4-3-8-16-12/h3-4,8,11H,2,5-7,9-10H2,1H3,(H,14,17). The molecule has 1 fully saturated rings. The third-order valence-corrected chi connectivity index (χ3v) is 3.35. The summed E-state index contributed by atoms with van der Waals surface area (Å²) in [6.45, 7) is 5.02. The molecule has 4 heteroatoms. The van der Waals surface area contributed by atoms with Crippen molar-refractivity contribution in [2.75, 3.05) is 13.1 Å². The van der Waals surface area contributed by atoms with Crippen LogP contribution in [0, 0.1) is 5.92 Å². The fourth-order valence-corrected chi connectivity index (χ4v) is 2.08. The third-order valence-electron chi connectivity index (χ3n) is 2.95. The molecular weight excluding hydrogens is 232 g/mol. The van der Waals surface area contributed by atoms with Gasteiger partial charge in [-0.2, -0.15) is 0 Å². The highest BCUT2D eigenvalue weighted by atomic mass is 32.1. The lowest BCUT2D eigenvalue weighted by molar-refractivity contribution is 0.389. The number of thiocarbonyl (C=S) groups is 1. The van der Waals surface area contributed by atoms with Crippen molar-refractivity contribution in [3.8, 4) is 0 Å². The van der Waals surface area contributed by atoms with Crippen molar-refractivity contribution in [2.24, 2.45) is 5.92 Å². The molecule has 1 heterocycles. The highest BCUT2D eigenvalue weighted by Crippen LogP contribution is 2.29. The first-order valence-corrected chi connectivity index (χ1v) is 6.75. The van der Waals surface area contributed by atoms with Crippen LogP contribution in [0.15, 0.2) is 22.8 Å². The van der Waals surface area contributed by atoms with Gasteiger partial charge in [-0.3, -0.25) is 0 Å². The molecule has 1 N–H and O–H groups in total. The van der Waals surface area contributed by atoms with E-state index in [0.29, 0.717) is 6.54 Å². The average Bonchev–Trinajstić information content (AvgIpc) is 2.99. The Hall–Kier alpha value is -1.03. The molecule has 1 aliphatic rings. The van der Waals surface area contributed by atoms with E-state index in [4.69, 9.17) is 16.6 Å². The predicted octanol–water partition coefficient (Wildman–Crippen LogP) is 2.78. The van der Waals surface area contributed by atoms with Crippen LogP contribution in [-0.2, 0) is 6.54 Å². The van der Waals surface area contributed by atoms with E-state index in [1.165, 1.54) is 12.8 Å². The molecular formula is C13H20N2OS. The van der Waals surface area contributed by atoms with Gasteiger partial charge in [-0.25, -0.2) is 0 Å². The lowest BCUT2D eigenvalue weighted by atomic mass is 10.3. The minimum absolute atomic E-state index is 0.677. The second-order valence-corrected chi connectivity index (χ2v) is 5.01. The summed E-state index contributed by atoms with van der Waals surface area (Å²) in [4.78, 5) is 2.29. The summed E-state index contributed by atoms with van der Waals surface area (Å²) in [5, 5.41) is 4.12. The number of rotatable bonds is 6. The van der Waals surface area contributed by atoms with E-state index in [9.17, 15) is 0 Å². The molecule has 0 aromatic carbocycles. The van der Waals surface area contributed by atoms with E-state index in [-0.39, 0.29) is 0 Å². The minimum Gasteiger partial charge on any atom is -0.467 e. The van der Waals surface area contributed by atoms with Gasteiger partial charge in [0.2, 0.25) is 0 Å². The van der Waals surface area contributed by atoms with Crippen LogP contribution in [0.1, 0.15) is 31.9 Å². The van der Waals surface area contributed by atoms with E-state index in [2.05, 4.69) is 17.1 Å². The largest absolute Gasteiger partial charge is 0.467 e. The number of furan rings is 1. The molecule has 1 saturated carbocycles. The lowest BCUT2D eigenvalue weighted by Crippen LogP contribution is -2.40. The highest BCUT2D eigenvalue weighted by molar-refractivity contribution is 7.80. The summed E-state index contributed by atoms with van der Waals surface area (Å²) in [6, 6.07) is 3.86. The maximum Gasteiger partial charge on any atom is 0.169 e. The monoisotopic (exact) mass is 252 g/mol. The van der Waals surface area contributed by atoms with Crippen LogP contribution >= 0.6 is 12.2 Å². The molecule has 0 atom stereocenters. The molecule has 1 aromatic rings. The quantitative estimate of drug-likeness (QED) is 0.788. The van der Waals surface area contributed by atoms with Crippen molar-refractivity contribution in [2.45, 2.75) is 32.7 Å². The smallest absolute Gasteiger partial charge is 0.169 e. The van der Waals surface area contributed by atoms with E-state index in [1.807, 2.05) is 12.1 Å². The summed E-state index contributed by atoms with van der Waals surface area (Å²) in [5.74, 6) is 1.79. The first-order chi connectivity index (χ1) is 8.29. The zero-order valence-electron chi connectivity index (χ0n) is 10.3. The third kappa shape index (κ3) is 4.04. The van der Waals surface area contributed by atoms with Gasteiger partial charge in [0, 0.05) is 13.1 Å². The van der Waals surface area contributed by atoms with Crippen LogP contribution < -0.4 is 5.32 Å². The van der Waals surface area contributed by atoms with Gasteiger partial charge in [0.15, 0.2) is 5.11 Å². The SMILES string of the molecule is CCCN(CC1CC1)C(=S)NCc1ccco1. The lowest BCUT2D eigenvalue weighted by Gasteiger charge is -2.25. The molecule has 2 rings (SSSR count). The van der Waals surface area contributed by atoms with Gasteiger partial charge in [0.25, 0.3) is 0 Å². The summed E-state index contributed by atoms with van der Waals surface area (Å²) < 4.78 is 5.28. The zero-order chi connectivity index (χ0) is 12.1. The first kappa shape index (κ1) is 12.4. The Balaban J connectivity index is 1.78. The molecule has 0 amide bonds. The molecule has 94 valence electrons. The van der Waals surface area contributed by atoms with Crippen molar-refractivity contribution in [1.82, 2.24) is 10.2 Å². The number of hydrogen-bond acceptors (Lipinski definition) is 2. The Morgan fingerprint density at radius 2 is 2.41 bits per heavy atom. The Labute approximate surface area is 108 Å². The fourth-order valence-electron chi connectivity index (χ4n) is 1.85. The topological polar surface area (TPSA) is 28.4 Å². The maximum absolute atomic E-state index is 5.43. The van der Waals surface area contributed by atoms with Crippen molar-refractivity contribution in [1.29, 1.82) is 0 Å². The van der Waals surface area contributed by atoms with Crippen LogP contribution in [0.2, 0.25) is 0 Å².